The van der Waals surface area contributed by atoms with E-state index in [0.717, 1.165) is 25.3 Å². The van der Waals surface area contributed by atoms with Crippen molar-refractivity contribution in [2.24, 2.45) is 0 Å². The molecule has 6 heteroatoms. The topological polar surface area (TPSA) is 29.5 Å². The number of nitrogens with zero attached hydrogens (tertiary/aromatic N) is 1. The molecule has 0 unspecified atom stereocenters. The lowest BCUT2D eigenvalue weighted by atomic mass is 10.1. The van der Waals surface area contributed by atoms with E-state index in [1.807, 2.05) is 0 Å². The maximum atomic E-state index is 12.5. The molecule has 0 bridgehead atoms. The van der Waals surface area contributed by atoms with Crippen LogP contribution in [0.1, 0.15) is 24.8 Å². The number of halogens is 2. The highest BCUT2D eigenvalue weighted by molar-refractivity contribution is 6.36. The average molecular weight is 279 g/mol. The molecule has 1 aliphatic rings. The van der Waals surface area contributed by atoms with Crippen LogP contribution in [-0.4, -0.2) is 31.4 Å². The molecule has 1 aliphatic heterocycles. The lowest BCUT2D eigenvalue weighted by Gasteiger charge is -2.25. The van der Waals surface area contributed by atoms with E-state index < -0.39 is 7.47 Å². The molecule has 1 saturated heterocycles. The van der Waals surface area contributed by atoms with Crippen molar-refractivity contribution in [2.75, 3.05) is 13.1 Å². The third-order valence-corrected chi connectivity index (χ3v) is 3.20. The molecule has 1 aromatic rings. The molecule has 106 valence electrons. The first-order valence-electron chi connectivity index (χ1n) is 6.67. The number of benzene rings is 1. The summed E-state index contributed by atoms with van der Waals surface area (Å²) in [6.45, 7) is 1.35. The Hall–Kier alpha value is -1.85. The normalized spacial score (nSPS) is 15.9. The summed E-state index contributed by atoms with van der Waals surface area (Å²) in [5.74, 6) is -0.361. The Balaban J connectivity index is 2.17. The molecule has 2 rings (SSSR count). The number of rotatable bonds is 4. The SMILES string of the molecule is O=C(/C=C(\OB(F)F)c1ccccc1)N1CCCCC1. The summed E-state index contributed by atoms with van der Waals surface area (Å²) in [4.78, 5) is 13.8. The van der Waals surface area contributed by atoms with E-state index in [1.54, 1.807) is 35.2 Å². The van der Waals surface area contributed by atoms with Crippen molar-refractivity contribution in [3.63, 3.8) is 0 Å². The fourth-order valence-electron chi connectivity index (χ4n) is 2.20. The van der Waals surface area contributed by atoms with Crippen LogP contribution in [0.3, 0.4) is 0 Å². The average Bonchev–Trinajstić information content (AvgIpc) is 2.48. The van der Waals surface area contributed by atoms with E-state index in [1.165, 1.54) is 0 Å². The van der Waals surface area contributed by atoms with Crippen LogP contribution >= 0.6 is 0 Å². The largest absolute Gasteiger partial charge is 0.796 e. The maximum Gasteiger partial charge on any atom is 0.796 e. The summed E-state index contributed by atoms with van der Waals surface area (Å²) in [7, 11) is -2.95. The zero-order chi connectivity index (χ0) is 14.4. The lowest BCUT2D eigenvalue weighted by Crippen LogP contribution is -2.34. The monoisotopic (exact) mass is 279 g/mol. The van der Waals surface area contributed by atoms with Gasteiger partial charge in [0, 0.05) is 24.7 Å². The molecule has 0 atom stereocenters. The molecule has 1 fully saturated rings. The van der Waals surface area contributed by atoms with Crippen molar-refractivity contribution < 1.29 is 18.1 Å². The van der Waals surface area contributed by atoms with E-state index in [0.29, 0.717) is 18.7 Å². The molecule has 1 aromatic carbocycles. The van der Waals surface area contributed by atoms with E-state index in [4.69, 9.17) is 0 Å². The molecule has 0 aromatic heterocycles. The van der Waals surface area contributed by atoms with Crippen molar-refractivity contribution in [3.05, 3.63) is 42.0 Å². The Morgan fingerprint density at radius 3 is 2.40 bits per heavy atom. The van der Waals surface area contributed by atoms with Gasteiger partial charge in [0.25, 0.3) is 0 Å². The summed E-state index contributed by atoms with van der Waals surface area (Å²) in [5.41, 5.74) is 0.471. The van der Waals surface area contributed by atoms with Gasteiger partial charge in [0.1, 0.15) is 5.76 Å². The molecule has 0 aliphatic carbocycles. The maximum absolute atomic E-state index is 12.5. The molecule has 1 heterocycles. The highest BCUT2D eigenvalue weighted by Crippen LogP contribution is 2.19. The summed E-state index contributed by atoms with van der Waals surface area (Å²) >= 11 is 0. The van der Waals surface area contributed by atoms with Crippen molar-refractivity contribution in [2.45, 2.75) is 19.3 Å². The first-order valence-corrected chi connectivity index (χ1v) is 6.67. The van der Waals surface area contributed by atoms with E-state index >= 15 is 0 Å². The molecular formula is C14H16BF2NO2. The number of piperidine rings is 1. The van der Waals surface area contributed by atoms with Crippen LogP contribution < -0.4 is 0 Å². The third kappa shape index (κ3) is 4.08. The predicted molar refractivity (Wildman–Crippen MR) is 73.9 cm³/mol. The molecule has 0 spiro atoms. The van der Waals surface area contributed by atoms with Crippen LogP contribution in [0, 0.1) is 0 Å². The first-order chi connectivity index (χ1) is 9.66. The predicted octanol–water partition coefficient (Wildman–Crippen LogP) is 2.98. The second kappa shape index (κ2) is 7.08. The minimum absolute atomic E-state index is 0.0869. The zero-order valence-corrected chi connectivity index (χ0v) is 11.1. The van der Waals surface area contributed by atoms with Crippen molar-refractivity contribution >= 4 is 19.1 Å². The van der Waals surface area contributed by atoms with Gasteiger partial charge in [0.2, 0.25) is 5.91 Å². The van der Waals surface area contributed by atoms with E-state index in [-0.39, 0.29) is 11.7 Å². The van der Waals surface area contributed by atoms with Gasteiger partial charge in [0.15, 0.2) is 0 Å². The van der Waals surface area contributed by atoms with Gasteiger partial charge in [-0.15, -0.1) is 0 Å². The summed E-state index contributed by atoms with van der Waals surface area (Å²) < 4.78 is 29.4. The van der Waals surface area contributed by atoms with Crippen molar-refractivity contribution in [1.82, 2.24) is 4.90 Å². The van der Waals surface area contributed by atoms with Crippen LogP contribution in [0.25, 0.3) is 5.76 Å². The quantitative estimate of drug-likeness (QED) is 0.481. The summed E-state index contributed by atoms with van der Waals surface area (Å²) in [6, 6.07) is 8.47. The molecule has 3 nitrogen and oxygen atoms in total. The van der Waals surface area contributed by atoms with Crippen LogP contribution in [0.15, 0.2) is 36.4 Å². The van der Waals surface area contributed by atoms with Crippen LogP contribution in [0.5, 0.6) is 0 Å². The van der Waals surface area contributed by atoms with Gasteiger partial charge in [0.05, 0.1) is 0 Å². The van der Waals surface area contributed by atoms with Gasteiger partial charge in [-0.3, -0.25) is 4.79 Å². The smallest absolute Gasteiger partial charge is 0.505 e. The summed E-state index contributed by atoms with van der Waals surface area (Å²) in [5, 5.41) is 0. The summed E-state index contributed by atoms with van der Waals surface area (Å²) in [6.07, 6.45) is 4.17. The fourth-order valence-corrected chi connectivity index (χ4v) is 2.20. The standard InChI is InChI=1S/C14H16BF2NO2/c16-15(17)20-13(12-7-3-1-4-8-12)11-14(19)18-9-5-2-6-10-18/h1,3-4,7-8,11H,2,5-6,9-10H2/b13-11-. The Bertz CT molecular complexity index is 473. The van der Waals surface area contributed by atoms with E-state index in [2.05, 4.69) is 4.65 Å². The number of carbonyl (C=O) groups excluding carboxylic acids is 1. The first kappa shape index (κ1) is 14.6. The Morgan fingerprint density at radius 1 is 1.15 bits per heavy atom. The van der Waals surface area contributed by atoms with Crippen molar-refractivity contribution in [3.8, 4) is 0 Å². The Kier molecular flexibility index (Phi) is 5.15. The molecular weight excluding hydrogens is 263 g/mol. The van der Waals surface area contributed by atoms with Crippen LogP contribution in [0.2, 0.25) is 0 Å². The molecule has 1 amide bonds. The highest BCUT2D eigenvalue weighted by Gasteiger charge is 2.22. The lowest BCUT2D eigenvalue weighted by molar-refractivity contribution is -0.126. The Morgan fingerprint density at radius 2 is 1.80 bits per heavy atom. The molecule has 20 heavy (non-hydrogen) atoms. The van der Waals surface area contributed by atoms with Gasteiger partial charge >= 0.3 is 7.47 Å². The minimum Gasteiger partial charge on any atom is -0.505 e. The number of amides is 1. The molecule has 0 radical (unpaired) electrons. The number of hydrogen-bond donors (Lipinski definition) is 0. The van der Waals surface area contributed by atoms with Crippen LogP contribution in [-0.2, 0) is 9.45 Å². The fraction of sp³-hybridized carbons (Fsp3) is 0.357. The van der Waals surface area contributed by atoms with E-state index in [9.17, 15) is 13.4 Å². The van der Waals surface area contributed by atoms with Crippen LogP contribution in [0.4, 0.5) is 8.63 Å². The van der Waals surface area contributed by atoms with Gasteiger partial charge in [-0.2, -0.15) is 0 Å². The zero-order valence-electron chi connectivity index (χ0n) is 11.1. The van der Waals surface area contributed by atoms with Gasteiger partial charge in [-0.1, -0.05) is 30.3 Å². The minimum atomic E-state index is -2.95. The molecule has 0 N–H and O–H groups in total. The van der Waals surface area contributed by atoms with Gasteiger partial charge in [-0.25, -0.2) is 8.63 Å². The van der Waals surface area contributed by atoms with Gasteiger partial charge in [-0.05, 0) is 19.3 Å². The number of likely N-dealkylation sites (tertiary alicyclic amines) is 1. The van der Waals surface area contributed by atoms with Crippen molar-refractivity contribution in [1.29, 1.82) is 0 Å². The second-order valence-electron chi connectivity index (χ2n) is 4.64. The van der Waals surface area contributed by atoms with Gasteiger partial charge < -0.3 is 9.55 Å². The third-order valence-electron chi connectivity index (χ3n) is 3.20. The Labute approximate surface area is 117 Å². The molecule has 0 saturated carbocycles. The number of hydrogen-bond acceptors (Lipinski definition) is 2. The second-order valence-corrected chi connectivity index (χ2v) is 4.64. The number of carbonyl (C=O) groups is 1. The highest BCUT2D eigenvalue weighted by atomic mass is 19.2.